The summed E-state index contributed by atoms with van der Waals surface area (Å²) in [5.74, 6) is 1.97. The van der Waals surface area contributed by atoms with Gasteiger partial charge in [-0.15, -0.1) is 0 Å². The zero-order valence-corrected chi connectivity index (χ0v) is 10.0. The van der Waals surface area contributed by atoms with Crippen molar-refractivity contribution in [3.05, 3.63) is 17.0 Å². The molecular formula is C10H15N3OS. The van der Waals surface area contributed by atoms with Crippen molar-refractivity contribution >= 4 is 16.9 Å². The quantitative estimate of drug-likeness (QED) is 0.835. The lowest BCUT2D eigenvalue weighted by molar-refractivity contribution is 0.392. The van der Waals surface area contributed by atoms with E-state index in [4.69, 9.17) is 4.52 Å². The van der Waals surface area contributed by atoms with E-state index >= 15 is 0 Å². The largest absolute Gasteiger partial charge is 0.362 e. The topological polar surface area (TPSA) is 50.4 Å². The van der Waals surface area contributed by atoms with Crippen LogP contribution in [0, 0.1) is 13.8 Å². The number of thioether (sulfide) groups is 1. The second kappa shape index (κ2) is 4.26. The van der Waals surface area contributed by atoms with Gasteiger partial charge in [0.05, 0.1) is 12.2 Å². The number of nitrogens with zero attached hydrogens (tertiary/aromatic N) is 2. The summed E-state index contributed by atoms with van der Waals surface area (Å²) in [5, 5.41) is 8.25. The number of aromatic nitrogens is 1. The molecule has 0 saturated carbocycles. The Hall–Kier alpha value is -0.970. The smallest absolute Gasteiger partial charge is 0.157 e. The summed E-state index contributed by atoms with van der Waals surface area (Å²) in [6.45, 7) is 6.69. The fourth-order valence-electron chi connectivity index (χ4n) is 1.47. The Balaban J connectivity index is 2.04. The van der Waals surface area contributed by atoms with Crippen molar-refractivity contribution in [2.24, 2.45) is 4.99 Å². The highest BCUT2D eigenvalue weighted by molar-refractivity contribution is 8.14. The number of amidine groups is 1. The molecule has 1 saturated heterocycles. The maximum absolute atomic E-state index is 5.09. The van der Waals surface area contributed by atoms with Gasteiger partial charge < -0.3 is 9.84 Å². The minimum atomic E-state index is 0.526. The molecule has 1 aromatic rings. The molecule has 1 unspecified atom stereocenters. The molecule has 2 heterocycles. The van der Waals surface area contributed by atoms with Crippen LogP contribution in [0.15, 0.2) is 9.52 Å². The van der Waals surface area contributed by atoms with E-state index in [-0.39, 0.29) is 0 Å². The fraction of sp³-hybridized carbons (Fsp3) is 0.600. The molecule has 15 heavy (non-hydrogen) atoms. The number of hydrogen-bond acceptors (Lipinski definition) is 4. The zero-order chi connectivity index (χ0) is 10.8. The van der Waals surface area contributed by atoms with Gasteiger partial charge in [-0.25, -0.2) is 0 Å². The van der Waals surface area contributed by atoms with Crippen LogP contribution in [-0.2, 0) is 6.54 Å². The third-order valence-corrected chi connectivity index (χ3v) is 3.59. The number of nitrogens with one attached hydrogen (secondary N) is 1. The number of rotatable bonds is 2. The fourth-order valence-corrected chi connectivity index (χ4v) is 2.40. The van der Waals surface area contributed by atoms with Crippen LogP contribution in [0.2, 0.25) is 0 Å². The van der Waals surface area contributed by atoms with Crippen molar-refractivity contribution in [3.8, 4) is 0 Å². The first-order chi connectivity index (χ1) is 7.16. The summed E-state index contributed by atoms with van der Waals surface area (Å²) in [6.07, 6.45) is 0. The Morgan fingerprint density at radius 2 is 2.40 bits per heavy atom. The van der Waals surface area contributed by atoms with Gasteiger partial charge in [0.15, 0.2) is 5.17 Å². The highest BCUT2D eigenvalue weighted by atomic mass is 32.2. The first kappa shape index (κ1) is 10.5. The van der Waals surface area contributed by atoms with E-state index in [2.05, 4.69) is 22.4 Å². The Morgan fingerprint density at radius 1 is 1.60 bits per heavy atom. The highest BCUT2D eigenvalue weighted by Crippen LogP contribution is 2.17. The van der Waals surface area contributed by atoms with Gasteiger partial charge in [0, 0.05) is 17.4 Å². The Bertz CT molecular complexity index is 367. The van der Waals surface area contributed by atoms with Crippen molar-refractivity contribution in [1.82, 2.24) is 10.5 Å². The molecule has 1 aliphatic heterocycles. The van der Waals surface area contributed by atoms with E-state index in [1.54, 1.807) is 11.8 Å². The maximum atomic E-state index is 5.09. The summed E-state index contributed by atoms with van der Waals surface area (Å²) < 4.78 is 5.09. The first-order valence-corrected chi connectivity index (χ1v) is 6.01. The van der Waals surface area contributed by atoms with E-state index in [0.29, 0.717) is 12.6 Å². The summed E-state index contributed by atoms with van der Waals surface area (Å²) in [7, 11) is 0. The third kappa shape index (κ3) is 2.34. The zero-order valence-electron chi connectivity index (χ0n) is 9.20. The van der Waals surface area contributed by atoms with Gasteiger partial charge in [-0.05, 0) is 20.8 Å². The minimum absolute atomic E-state index is 0.526. The van der Waals surface area contributed by atoms with E-state index in [1.165, 1.54) is 0 Å². The minimum Gasteiger partial charge on any atom is -0.362 e. The standard InChI is InChI=1S/C10H15N3OS/c1-6-5-15-10(12-6)11-4-9-7(2)13-14-8(9)3/h6H,4-5H2,1-3H3,(H,11,12). The number of aliphatic imine (C=N–C) groups is 1. The van der Waals surface area contributed by atoms with Crippen LogP contribution in [0.4, 0.5) is 0 Å². The van der Waals surface area contributed by atoms with Gasteiger partial charge in [0.2, 0.25) is 0 Å². The monoisotopic (exact) mass is 225 g/mol. The average Bonchev–Trinajstić information content (AvgIpc) is 2.73. The molecule has 1 atom stereocenters. The molecule has 1 N–H and O–H groups in total. The van der Waals surface area contributed by atoms with Crippen LogP contribution in [0.25, 0.3) is 0 Å². The Labute approximate surface area is 93.5 Å². The van der Waals surface area contributed by atoms with Crippen LogP contribution in [0.3, 0.4) is 0 Å². The Kier molecular flexibility index (Phi) is 3.00. The van der Waals surface area contributed by atoms with Crippen molar-refractivity contribution in [2.75, 3.05) is 5.75 Å². The molecule has 0 spiro atoms. The van der Waals surface area contributed by atoms with Crippen LogP contribution >= 0.6 is 11.8 Å². The molecule has 1 fully saturated rings. The van der Waals surface area contributed by atoms with Gasteiger partial charge >= 0.3 is 0 Å². The van der Waals surface area contributed by atoms with Gasteiger partial charge in [-0.3, -0.25) is 4.99 Å². The molecule has 0 amide bonds. The van der Waals surface area contributed by atoms with E-state index in [0.717, 1.165) is 27.9 Å². The second-order valence-electron chi connectivity index (χ2n) is 3.78. The van der Waals surface area contributed by atoms with Gasteiger partial charge in [-0.2, -0.15) is 0 Å². The normalized spacial score (nSPS) is 23.4. The van der Waals surface area contributed by atoms with E-state index < -0.39 is 0 Å². The lowest BCUT2D eigenvalue weighted by Gasteiger charge is -2.00. The summed E-state index contributed by atoms with van der Waals surface area (Å²) in [4.78, 5) is 4.51. The number of hydrogen-bond donors (Lipinski definition) is 1. The molecule has 1 aromatic heterocycles. The summed E-state index contributed by atoms with van der Waals surface area (Å²) >= 11 is 1.77. The predicted molar refractivity (Wildman–Crippen MR) is 62.2 cm³/mol. The highest BCUT2D eigenvalue weighted by Gasteiger charge is 2.16. The molecule has 0 bridgehead atoms. The second-order valence-corrected chi connectivity index (χ2v) is 4.79. The van der Waals surface area contributed by atoms with Crippen LogP contribution in [0.1, 0.15) is 23.9 Å². The summed E-state index contributed by atoms with van der Waals surface area (Å²) in [6, 6.07) is 0.526. The first-order valence-electron chi connectivity index (χ1n) is 5.02. The van der Waals surface area contributed by atoms with E-state index in [1.807, 2.05) is 13.8 Å². The predicted octanol–water partition coefficient (Wildman–Crippen LogP) is 1.87. The lowest BCUT2D eigenvalue weighted by atomic mass is 10.2. The number of aryl methyl sites for hydroxylation is 2. The molecule has 1 aliphatic rings. The average molecular weight is 225 g/mol. The molecule has 0 aliphatic carbocycles. The van der Waals surface area contributed by atoms with Gasteiger partial charge in [0.25, 0.3) is 0 Å². The molecule has 2 rings (SSSR count). The lowest BCUT2D eigenvalue weighted by Crippen LogP contribution is -2.23. The third-order valence-electron chi connectivity index (χ3n) is 2.40. The van der Waals surface area contributed by atoms with E-state index in [9.17, 15) is 0 Å². The SMILES string of the molecule is Cc1noc(C)c1CN=C1NC(C)CS1. The molecule has 5 heteroatoms. The molecular weight excluding hydrogens is 210 g/mol. The van der Waals surface area contributed by atoms with Crippen molar-refractivity contribution in [1.29, 1.82) is 0 Å². The van der Waals surface area contributed by atoms with Crippen LogP contribution < -0.4 is 5.32 Å². The summed E-state index contributed by atoms with van der Waals surface area (Å²) in [5.41, 5.74) is 2.04. The van der Waals surface area contributed by atoms with Gasteiger partial charge in [0.1, 0.15) is 5.76 Å². The van der Waals surface area contributed by atoms with Crippen molar-refractivity contribution < 1.29 is 4.52 Å². The maximum Gasteiger partial charge on any atom is 0.157 e. The van der Waals surface area contributed by atoms with Gasteiger partial charge in [-0.1, -0.05) is 16.9 Å². The Morgan fingerprint density at radius 3 is 2.93 bits per heavy atom. The van der Waals surface area contributed by atoms with Crippen LogP contribution in [-0.4, -0.2) is 22.1 Å². The molecule has 82 valence electrons. The van der Waals surface area contributed by atoms with Crippen LogP contribution in [0.5, 0.6) is 0 Å². The molecule has 0 radical (unpaired) electrons. The molecule has 0 aromatic carbocycles. The van der Waals surface area contributed by atoms with Crippen molar-refractivity contribution in [3.63, 3.8) is 0 Å². The van der Waals surface area contributed by atoms with Crippen molar-refractivity contribution in [2.45, 2.75) is 33.4 Å². The molecule has 4 nitrogen and oxygen atoms in total.